The number of rotatable bonds is 7. The quantitative estimate of drug-likeness (QED) is 0.501. The van der Waals surface area contributed by atoms with E-state index in [1.54, 1.807) is 19.4 Å². The molecule has 3 heterocycles. The van der Waals surface area contributed by atoms with Gasteiger partial charge < -0.3 is 20.1 Å². The third kappa shape index (κ3) is 3.69. The van der Waals surface area contributed by atoms with E-state index in [-0.39, 0.29) is 5.82 Å². The van der Waals surface area contributed by atoms with E-state index in [1.165, 1.54) is 0 Å². The highest BCUT2D eigenvalue weighted by Crippen LogP contribution is 2.31. The molecule has 0 saturated carbocycles. The molecule has 4 aromatic rings. The first-order valence-electron chi connectivity index (χ1n) is 8.95. The summed E-state index contributed by atoms with van der Waals surface area (Å²) in [6, 6.07) is 9.49. The van der Waals surface area contributed by atoms with Gasteiger partial charge in [-0.3, -0.25) is 4.57 Å². The van der Waals surface area contributed by atoms with Gasteiger partial charge in [-0.1, -0.05) is 0 Å². The van der Waals surface area contributed by atoms with Gasteiger partial charge in [-0.25, -0.2) is 14.6 Å². The second kappa shape index (κ2) is 7.76. The minimum atomic E-state index is 0.158. The molecular formula is C19H21N7O3. The van der Waals surface area contributed by atoms with Crippen LogP contribution in [0, 0.1) is 0 Å². The van der Waals surface area contributed by atoms with Gasteiger partial charge in [0.1, 0.15) is 17.9 Å². The number of nitrogens with two attached hydrogens (primary N) is 1. The van der Waals surface area contributed by atoms with Gasteiger partial charge in [-0.2, -0.15) is 0 Å². The fourth-order valence-electron chi connectivity index (χ4n) is 2.88. The lowest BCUT2D eigenvalue weighted by molar-refractivity contribution is 0.261. The molecule has 0 spiro atoms. The Morgan fingerprint density at radius 2 is 1.97 bits per heavy atom. The molecule has 0 amide bonds. The van der Waals surface area contributed by atoms with Gasteiger partial charge >= 0.3 is 0 Å². The molecule has 0 unspecified atom stereocenters. The first-order chi connectivity index (χ1) is 14.1. The molecule has 3 aromatic heterocycles. The molecule has 0 saturated heterocycles. The summed E-state index contributed by atoms with van der Waals surface area (Å²) in [4.78, 5) is 10.9. The fraction of sp³-hybridized carbons (Fsp3) is 0.263. The fourth-order valence-corrected chi connectivity index (χ4v) is 2.88. The summed E-state index contributed by atoms with van der Waals surface area (Å²) in [6.45, 7) is 1.44. The number of fused-ring (bicyclic) bond motifs is 1. The molecule has 0 radical (unpaired) electrons. The largest absolute Gasteiger partial charge is 0.492 e. The van der Waals surface area contributed by atoms with Crippen LogP contribution in [-0.4, -0.2) is 64.1 Å². The number of ether oxygens (including phenoxy) is 2. The van der Waals surface area contributed by atoms with Gasteiger partial charge in [0.25, 0.3) is 0 Å². The van der Waals surface area contributed by atoms with Crippen molar-refractivity contribution in [1.82, 2.24) is 29.7 Å². The summed E-state index contributed by atoms with van der Waals surface area (Å²) in [5.74, 6) is 1.91. The van der Waals surface area contributed by atoms with Crippen LogP contribution in [0.4, 0.5) is 5.82 Å². The third-order valence-electron chi connectivity index (χ3n) is 4.35. The molecule has 4 rings (SSSR count). The second-order valence-corrected chi connectivity index (χ2v) is 6.63. The van der Waals surface area contributed by atoms with Gasteiger partial charge in [-0.15, -0.1) is 0 Å². The van der Waals surface area contributed by atoms with Gasteiger partial charge in [-0.05, 0) is 48.7 Å². The van der Waals surface area contributed by atoms with Crippen LogP contribution >= 0.6 is 0 Å². The van der Waals surface area contributed by atoms with Crippen molar-refractivity contribution in [3.8, 4) is 28.8 Å². The molecule has 10 nitrogen and oxygen atoms in total. The molecule has 29 heavy (non-hydrogen) atoms. The highest BCUT2D eigenvalue weighted by molar-refractivity contribution is 5.84. The lowest BCUT2D eigenvalue weighted by atomic mass is 10.2. The summed E-state index contributed by atoms with van der Waals surface area (Å²) in [6.07, 6.45) is 1.64. The molecule has 1 aromatic carbocycles. The predicted octanol–water partition coefficient (Wildman–Crippen LogP) is 2.00. The Labute approximate surface area is 166 Å². The Hall–Kier alpha value is -3.66. The lowest BCUT2D eigenvalue weighted by Crippen LogP contribution is -2.19. The van der Waals surface area contributed by atoms with Crippen LogP contribution in [-0.2, 0) is 0 Å². The summed E-state index contributed by atoms with van der Waals surface area (Å²) in [5, 5.41) is 7.58. The number of hydrogen-bond acceptors (Lipinski definition) is 9. The number of pyridine rings is 1. The number of methoxy groups -OCH3 is 1. The van der Waals surface area contributed by atoms with E-state index >= 15 is 0 Å². The maximum absolute atomic E-state index is 5.92. The van der Waals surface area contributed by atoms with Crippen LogP contribution < -0.4 is 15.2 Å². The minimum absolute atomic E-state index is 0.158. The molecular weight excluding hydrogens is 374 g/mol. The summed E-state index contributed by atoms with van der Waals surface area (Å²) < 4.78 is 17.7. The van der Waals surface area contributed by atoms with E-state index in [4.69, 9.17) is 19.8 Å². The minimum Gasteiger partial charge on any atom is -0.492 e. The van der Waals surface area contributed by atoms with Crippen LogP contribution in [0.25, 0.3) is 28.2 Å². The zero-order valence-corrected chi connectivity index (χ0v) is 16.4. The molecule has 0 aliphatic carbocycles. The average Bonchev–Trinajstić information content (AvgIpc) is 3.30. The van der Waals surface area contributed by atoms with Crippen LogP contribution in [0.3, 0.4) is 0 Å². The van der Waals surface area contributed by atoms with E-state index in [0.29, 0.717) is 29.5 Å². The smallest absolute Gasteiger partial charge is 0.215 e. The normalized spacial score (nSPS) is 11.3. The molecule has 150 valence electrons. The van der Waals surface area contributed by atoms with Gasteiger partial charge in [0.05, 0.1) is 18.8 Å². The van der Waals surface area contributed by atoms with E-state index in [1.807, 2.05) is 42.9 Å². The molecule has 0 aliphatic rings. The molecule has 10 heteroatoms. The van der Waals surface area contributed by atoms with Gasteiger partial charge in [0.2, 0.25) is 5.88 Å². The van der Waals surface area contributed by atoms with Crippen molar-refractivity contribution in [3.63, 3.8) is 0 Å². The van der Waals surface area contributed by atoms with Gasteiger partial charge in [0, 0.05) is 18.3 Å². The monoisotopic (exact) mass is 395 g/mol. The van der Waals surface area contributed by atoms with Crippen LogP contribution in [0.5, 0.6) is 11.6 Å². The number of imidazole rings is 1. The first-order valence-corrected chi connectivity index (χ1v) is 8.95. The lowest BCUT2D eigenvalue weighted by Gasteiger charge is -2.12. The predicted molar refractivity (Wildman–Crippen MR) is 107 cm³/mol. The summed E-state index contributed by atoms with van der Waals surface area (Å²) in [7, 11) is 5.58. The molecule has 0 fully saturated rings. The summed E-state index contributed by atoms with van der Waals surface area (Å²) in [5.41, 5.74) is 8.56. The molecule has 0 aliphatic heterocycles. The van der Waals surface area contributed by atoms with Gasteiger partial charge in [0.15, 0.2) is 17.3 Å². The van der Waals surface area contributed by atoms with E-state index < -0.39 is 0 Å². The van der Waals surface area contributed by atoms with Crippen molar-refractivity contribution in [2.45, 2.75) is 0 Å². The first kappa shape index (κ1) is 18.7. The van der Waals surface area contributed by atoms with Crippen molar-refractivity contribution in [2.75, 3.05) is 40.1 Å². The SMILES string of the molecule is COc1cc2c(cn1)nc(-c1nonc1N)n2-c1ccc(OCCN(C)C)cc1. The zero-order chi connectivity index (χ0) is 20.4. The summed E-state index contributed by atoms with van der Waals surface area (Å²) >= 11 is 0. The van der Waals surface area contributed by atoms with Crippen molar-refractivity contribution in [3.05, 3.63) is 36.5 Å². The average molecular weight is 395 g/mol. The van der Waals surface area contributed by atoms with Crippen molar-refractivity contribution < 1.29 is 14.1 Å². The Kier molecular flexibility index (Phi) is 5.00. The third-order valence-corrected chi connectivity index (χ3v) is 4.35. The Bertz CT molecular complexity index is 1120. The zero-order valence-electron chi connectivity index (χ0n) is 16.4. The maximum atomic E-state index is 5.92. The van der Waals surface area contributed by atoms with Crippen molar-refractivity contribution in [2.24, 2.45) is 0 Å². The Morgan fingerprint density at radius 3 is 2.62 bits per heavy atom. The van der Waals surface area contributed by atoms with E-state index in [0.717, 1.165) is 23.5 Å². The number of likely N-dealkylation sites (N-methyl/N-ethyl adjacent to an activating group) is 1. The number of nitrogen functional groups attached to an aromatic ring is 1. The number of nitrogens with zero attached hydrogens (tertiary/aromatic N) is 6. The number of hydrogen-bond donors (Lipinski definition) is 1. The van der Waals surface area contributed by atoms with E-state index in [9.17, 15) is 0 Å². The second-order valence-electron chi connectivity index (χ2n) is 6.63. The Morgan fingerprint density at radius 1 is 1.17 bits per heavy atom. The highest BCUT2D eigenvalue weighted by Gasteiger charge is 2.21. The highest BCUT2D eigenvalue weighted by atomic mass is 16.6. The van der Waals surface area contributed by atoms with Crippen LogP contribution in [0.2, 0.25) is 0 Å². The topological polar surface area (TPSA) is 117 Å². The van der Waals surface area contributed by atoms with E-state index in [2.05, 4.69) is 25.2 Å². The van der Waals surface area contributed by atoms with Crippen LogP contribution in [0.15, 0.2) is 41.2 Å². The number of anilines is 1. The van der Waals surface area contributed by atoms with Crippen LogP contribution in [0.1, 0.15) is 0 Å². The standard InChI is InChI=1S/C19H21N7O3/c1-25(2)8-9-28-13-6-4-12(5-7-13)26-15-10-16(27-3)21-11-14(15)22-19(26)17-18(20)24-29-23-17/h4-7,10-11H,8-9H2,1-3H3,(H2,20,24). The maximum Gasteiger partial charge on any atom is 0.215 e. The Balaban J connectivity index is 1.78. The number of aromatic nitrogens is 5. The van der Waals surface area contributed by atoms with Crippen molar-refractivity contribution in [1.29, 1.82) is 0 Å². The number of benzene rings is 1. The van der Waals surface area contributed by atoms with Crippen molar-refractivity contribution >= 4 is 16.9 Å². The molecule has 0 bridgehead atoms. The molecule has 0 atom stereocenters. The molecule has 2 N–H and O–H groups in total.